The van der Waals surface area contributed by atoms with Crippen LogP contribution in [-0.2, 0) is 14.3 Å². The van der Waals surface area contributed by atoms with Crippen LogP contribution in [0.3, 0.4) is 0 Å². The van der Waals surface area contributed by atoms with Gasteiger partial charge in [-0.2, -0.15) is 0 Å². The van der Waals surface area contributed by atoms with Crippen molar-refractivity contribution in [2.24, 2.45) is 0 Å². The van der Waals surface area contributed by atoms with E-state index in [0.717, 1.165) is 6.61 Å². The second-order valence-corrected chi connectivity index (χ2v) is 3.00. The van der Waals surface area contributed by atoms with Crippen molar-refractivity contribution in [1.29, 1.82) is 0 Å². The predicted molar refractivity (Wildman–Crippen MR) is 44.4 cm³/mol. The quantitative estimate of drug-likeness (QED) is 0.359. The first-order valence-electron chi connectivity index (χ1n) is 3.90. The van der Waals surface area contributed by atoms with Gasteiger partial charge >= 0.3 is 5.97 Å². The molecule has 2 unspecified atom stereocenters. The number of rotatable bonds is 4. The molecule has 3 nitrogen and oxygen atoms in total. The molecule has 0 N–H and O–H groups in total. The van der Waals surface area contributed by atoms with Crippen molar-refractivity contribution in [3.63, 3.8) is 0 Å². The molecule has 1 radical (unpaired) electrons. The maximum Gasteiger partial charge on any atom is 0.333 e. The maximum atomic E-state index is 11.0. The molecular weight excluding hydrogens is 156 g/mol. The number of carbonyl (C=O) groups is 1. The molecule has 1 heterocycles. The summed E-state index contributed by atoms with van der Waals surface area (Å²) in [5.41, 5.74) is 0.403. The van der Waals surface area contributed by atoms with Crippen molar-refractivity contribution >= 4 is 5.97 Å². The Hall–Kier alpha value is -0.830. The molecule has 0 saturated carbocycles. The van der Waals surface area contributed by atoms with Crippen molar-refractivity contribution in [3.05, 3.63) is 19.1 Å². The summed E-state index contributed by atoms with van der Waals surface area (Å²) in [5, 5.41) is 0. The largest absolute Gasteiger partial charge is 0.459 e. The van der Waals surface area contributed by atoms with E-state index in [0.29, 0.717) is 12.0 Å². The van der Waals surface area contributed by atoms with Gasteiger partial charge in [-0.3, -0.25) is 0 Å². The monoisotopic (exact) mass is 169 g/mol. The lowest BCUT2D eigenvalue weighted by molar-refractivity contribution is -0.142. The van der Waals surface area contributed by atoms with Crippen molar-refractivity contribution in [3.8, 4) is 0 Å². The molecule has 1 rings (SSSR count). The zero-order valence-corrected chi connectivity index (χ0v) is 7.21. The Morgan fingerprint density at radius 2 is 2.42 bits per heavy atom. The second kappa shape index (κ2) is 3.72. The Morgan fingerprint density at radius 1 is 1.83 bits per heavy atom. The van der Waals surface area contributed by atoms with Crippen LogP contribution >= 0.6 is 0 Å². The molecule has 0 aromatic rings. The van der Waals surface area contributed by atoms with Gasteiger partial charge in [0.25, 0.3) is 0 Å². The molecule has 3 heteroatoms. The van der Waals surface area contributed by atoms with Crippen LogP contribution in [0.5, 0.6) is 0 Å². The highest BCUT2D eigenvalue weighted by Gasteiger charge is 2.26. The van der Waals surface area contributed by atoms with E-state index in [1.54, 1.807) is 6.92 Å². The SMILES string of the molecule is [CH2]C(CC1CO1)OC(=O)C(=C)C. The summed E-state index contributed by atoms with van der Waals surface area (Å²) in [7, 11) is 0. The zero-order chi connectivity index (χ0) is 9.14. The molecule has 2 atom stereocenters. The summed E-state index contributed by atoms with van der Waals surface area (Å²) < 4.78 is 9.90. The van der Waals surface area contributed by atoms with E-state index in [4.69, 9.17) is 9.47 Å². The predicted octanol–water partition coefficient (Wildman–Crippen LogP) is 1.10. The van der Waals surface area contributed by atoms with E-state index in [2.05, 4.69) is 13.5 Å². The molecule has 67 valence electrons. The van der Waals surface area contributed by atoms with Gasteiger partial charge in [-0.25, -0.2) is 4.79 Å². The van der Waals surface area contributed by atoms with Crippen LogP contribution in [0.15, 0.2) is 12.2 Å². The Bertz CT molecular complexity index is 194. The van der Waals surface area contributed by atoms with Crippen molar-refractivity contribution in [2.75, 3.05) is 6.61 Å². The van der Waals surface area contributed by atoms with Gasteiger partial charge in [0.1, 0.15) is 6.10 Å². The number of hydrogen-bond acceptors (Lipinski definition) is 3. The van der Waals surface area contributed by atoms with Crippen molar-refractivity contribution in [1.82, 2.24) is 0 Å². The van der Waals surface area contributed by atoms with Crippen LogP contribution in [0.25, 0.3) is 0 Å². The topological polar surface area (TPSA) is 38.8 Å². The van der Waals surface area contributed by atoms with E-state index < -0.39 is 0 Å². The van der Waals surface area contributed by atoms with Gasteiger partial charge in [-0.05, 0) is 13.8 Å². The Balaban J connectivity index is 2.19. The number of esters is 1. The number of ether oxygens (including phenoxy) is 2. The minimum Gasteiger partial charge on any atom is -0.459 e. The number of carbonyl (C=O) groups excluding carboxylic acids is 1. The van der Waals surface area contributed by atoms with Crippen molar-refractivity contribution in [2.45, 2.75) is 25.6 Å². The average Bonchev–Trinajstić information content (AvgIpc) is 2.71. The lowest BCUT2D eigenvalue weighted by Crippen LogP contribution is -2.17. The molecule has 0 amide bonds. The van der Waals surface area contributed by atoms with E-state index in [-0.39, 0.29) is 18.2 Å². The van der Waals surface area contributed by atoms with Crippen LogP contribution in [-0.4, -0.2) is 24.8 Å². The second-order valence-electron chi connectivity index (χ2n) is 3.00. The number of hydrogen-bond donors (Lipinski definition) is 0. The average molecular weight is 169 g/mol. The third-order valence-corrected chi connectivity index (χ3v) is 1.55. The lowest BCUT2D eigenvalue weighted by atomic mass is 10.2. The van der Waals surface area contributed by atoms with E-state index in [1.165, 1.54) is 0 Å². The van der Waals surface area contributed by atoms with Gasteiger partial charge < -0.3 is 9.47 Å². The summed E-state index contributed by atoms with van der Waals surface area (Å²) in [4.78, 5) is 11.0. The Labute approximate surface area is 72.4 Å². The minimum absolute atomic E-state index is 0.241. The van der Waals surface area contributed by atoms with E-state index in [9.17, 15) is 4.79 Å². The van der Waals surface area contributed by atoms with Gasteiger partial charge in [0.2, 0.25) is 0 Å². The van der Waals surface area contributed by atoms with E-state index in [1.807, 2.05) is 0 Å². The molecule has 1 aliphatic rings. The first-order chi connectivity index (χ1) is 5.59. The molecule has 12 heavy (non-hydrogen) atoms. The molecule has 0 bridgehead atoms. The molecule has 0 aliphatic carbocycles. The van der Waals surface area contributed by atoms with Crippen LogP contribution in [0.2, 0.25) is 0 Å². The molecule has 0 spiro atoms. The third-order valence-electron chi connectivity index (χ3n) is 1.55. The standard InChI is InChI=1S/C9H13O3/c1-6(2)9(10)12-7(3)4-8-5-11-8/h7-8H,1,3-5H2,2H3. The Morgan fingerprint density at radius 3 is 2.83 bits per heavy atom. The molecular formula is C9H13O3. The smallest absolute Gasteiger partial charge is 0.333 e. The van der Waals surface area contributed by atoms with Crippen molar-refractivity contribution < 1.29 is 14.3 Å². The molecule has 1 aliphatic heterocycles. The molecule has 0 aromatic carbocycles. The summed E-state index contributed by atoms with van der Waals surface area (Å²) in [6.45, 7) is 9.52. The highest BCUT2D eigenvalue weighted by Crippen LogP contribution is 2.17. The summed E-state index contributed by atoms with van der Waals surface area (Å²) in [5.74, 6) is -0.379. The highest BCUT2D eigenvalue weighted by molar-refractivity contribution is 5.87. The van der Waals surface area contributed by atoms with E-state index >= 15 is 0 Å². The summed E-state index contributed by atoms with van der Waals surface area (Å²) in [6, 6.07) is 0. The minimum atomic E-state index is -0.379. The number of epoxide rings is 1. The van der Waals surface area contributed by atoms with Crippen LogP contribution in [0.4, 0.5) is 0 Å². The summed E-state index contributed by atoms with van der Waals surface area (Å²) in [6.07, 6.45) is 0.603. The summed E-state index contributed by atoms with van der Waals surface area (Å²) >= 11 is 0. The zero-order valence-electron chi connectivity index (χ0n) is 7.21. The lowest BCUT2D eigenvalue weighted by Gasteiger charge is -2.10. The van der Waals surface area contributed by atoms with Crippen LogP contribution in [0, 0.1) is 6.92 Å². The van der Waals surface area contributed by atoms with Gasteiger partial charge in [-0.1, -0.05) is 6.58 Å². The van der Waals surface area contributed by atoms with Gasteiger partial charge in [0.15, 0.2) is 0 Å². The molecule has 1 fully saturated rings. The highest BCUT2D eigenvalue weighted by atomic mass is 16.6. The van der Waals surface area contributed by atoms with Gasteiger partial charge in [0.05, 0.1) is 12.7 Å². The van der Waals surface area contributed by atoms with Crippen LogP contribution < -0.4 is 0 Å². The fourth-order valence-electron chi connectivity index (χ4n) is 0.797. The normalized spacial score (nSPS) is 23.0. The first-order valence-corrected chi connectivity index (χ1v) is 3.90. The maximum absolute atomic E-state index is 11.0. The Kier molecular flexibility index (Phi) is 2.87. The van der Waals surface area contributed by atoms with Gasteiger partial charge in [0, 0.05) is 12.0 Å². The van der Waals surface area contributed by atoms with Gasteiger partial charge in [-0.15, -0.1) is 0 Å². The third kappa shape index (κ3) is 3.05. The van der Waals surface area contributed by atoms with Crippen LogP contribution in [0.1, 0.15) is 13.3 Å². The first kappa shape index (κ1) is 9.26. The molecule has 1 saturated heterocycles. The fourth-order valence-corrected chi connectivity index (χ4v) is 0.797. The molecule has 0 aromatic heterocycles. The fraction of sp³-hybridized carbons (Fsp3) is 0.556.